The SMILES string of the molecule is NC(N)=O.O=C1C=CC(=O)C=C1. The van der Waals surface area contributed by atoms with Crippen LogP contribution in [0.15, 0.2) is 24.3 Å². The highest BCUT2D eigenvalue weighted by Crippen LogP contribution is 1.90. The van der Waals surface area contributed by atoms with E-state index in [0.29, 0.717) is 0 Å². The van der Waals surface area contributed by atoms with E-state index in [4.69, 9.17) is 4.79 Å². The van der Waals surface area contributed by atoms with Crippen LogP contribution in [0.2, 0.25) is 0 Å². The number of carbonyl (C=O) groups excluding carboxylic acids is 3. The molecule has 1 rings (SSSR count). The van der Waals surface area contributed by atoms with E-state index in [1.165, 1.54) is 24.3 Å². The van der Waals surface area contributed by atoms with Crippen molar-refractivity contribution in [1.82, 2.24) is 0 Å². The molecule has 0 atom stereocenters. The number of primary amides is 2. The molecule has 0 aromatic rings. The third-order valence-corrected chi connectivity index (χ3v) is 0.824. The van der Waals surface area contributed by atoms with Gasteiger partial charge in [0.15, 0.2) is 11.6 Å². The molecule has 0 unspecified atom stereocenters. The van der Waals surface area contributed by atoms with Gasteiger partial charge in [-0.25, -0.2) is 4.79 Å². The number of rotatable bonds is 0. The van der Waals surface area contributed by atoms with E-state index in [-0.39, 0.29) is 11.6 Å². The molecule has 0 aromatic heterocycles. The molecular weight excluding hydrogens is 160 g/mol. The van der Waals surface area contributed by atoms with Crippen LogP contribution in [-0.4, -0.2) is 17.6 Å². The Labute approximate surface area is 68.7 Å². The van der Waals surface area contributed by atoms with Crippen molar-refractivity contribution in [3.05, 3.63) is 24.3 Å². The molecule has 0 radical (unpaired) electrons. The summed E-state index contributed by atoms with van der Waals surface area (Å²) in [5.41, 5.74) is 8.50. The number of urea groups is 1. The Bertz CT molecular complexity index is 224. The first-order valence-corrected chi connectivity index (χ1v) is 3.01. The van der Waals surface area contributed by atoms with Gasteiger partial charge in [0.1, 0.15) is 0 Å². The van der Waals surface area contributed by atoms with E-state index in [1.54, 1.807) is 0 Å². The van der Waals surface area contributed by atoms with E-state index in [0.717, 1.165) is 0 Å². The second-order valence-electron chi connectivity index (χ2n) is 1.87. The highest BCUT2D eigenvalue weighted by Gasteiger charge is 1.97. The summed E-state index contributed by atoms with van der Waals surface area (Å²) in [5, 5.41) is 0. The summed E-state index contributed by atoms with van der Waals surface area (Å²) < 4.78 is 0. The molecule has 4 N–H and O–H groups in total. The van der Waals surface area contributed by atoms with E-state index < -0.39 is 6.03 Å². The highest BCUT2D eigenvalue weighted by molar-refractivity contribution is 6.14. The maximum Gasteiger partial charge on any atom is 0.309 e. The van der Waals surface area contributed by atoms with Crippen molar-refractivity contribution >= 4 is 17.6 Å². The van der Waals surface area contributed by atoms with Crippen LogP contribution in [-0.2, 0) is 9.59 Å². The molecule has 5 heteroatoms. The summed E-state index contributed by atoms with van der Waals surface area (Å²) in [7, 11) is 0. The average molecular weight is 168 g/mol. The topological polar surface area (TPSA) is 103 Å². The van der Waals surface area contributed by atoms with Crippen LogP contribution in [0.25, 0.3) is 0 Å². The number of hydrogen-bond acceptors (Lipinski definition) is 3. The summed E-state index contributed by atoms with van der Waals surface area (Å²) in [4.78, 5) is 29.6. The molecule has 5 nitrogen and oxygen atoms in total. The summed E-state index contributed by atoms with van der Waals surface area (Å²) in [6.45, 7) is 0. The lowest BCUT2D eigenvalue weighted by molar-refractivity contribution is -0.113. The fraction of sp³-hybridized carbons (Fsp3) is 0. The Hall–Kier alpha value is -1.91. The normalized spacial score (nSPS) is 13.7. The van der Waals surface area contributed by atoms with Crippen LogP contribution in [0, 0.1) is 0 Å². The van der Waals surface area contributed by atoms with Crippen molar-refractivity contribution in [1.29, 1.82) is 0 Å². The summed E-state index contributed by atoms with van der Waals surface area (Å²) >= 11 is 0. The van der Waals surface area contributed by atoms with Crippen molar-refractivity contribution < 1.29 is 14.4 Å². The first kappa shape index (κ1) is 10.1. The molecule has 0 aliphatic heterocycles. The lowest BCUT2D eigenvalue weighted by Crippen LogP contribution is -2.18. The van der Waals surface area contributed by atoms with Gasteiger partial charge in [0.05, 0.1) is 0 Å². The minimum absolute atomic E-state index is 0.121. The Morgan fingerprint density at radius 1 is 0.917 bits per heavy atom. The van der Waals surface area contributed by atoms with Gasteiger partial charge in [-0.15, -0.1) is 0 Å². The maximum absolute atomic E-state index is 10.3. The van der Waals surface area contributed by atoms with E-state index >= 15 is 0 Å². The van der Waals surface area contributed by atoms with Crippen LogP contribution >= 0.6 is 0 Å². The fourth-order valence-electron chi connectivity index (χ4n) is 0.440. The van der Waals surface area contributed by atoms with Crippen LogP contribution in [0.4, 0.5) is 4.79 Å². The minimum Gasteiger partial charge on any atom is -0.352 e. The fourth-order valence-corrected chi connectivity index (χ4v) is 0.440. The van der Waals surface area contributed by atoms with Gasteiger partial charge in [0, 0.05) is 0 Å². The number of amides is 2. The van der Waals surface area contributed by atoms with E-state index in [9.17, 15) is 9.59 Å². The third kappa shape index (κ3) is 6.21. The number of carbonyl (C=O) groups is 3. The predicted octanol–water partition coefficient (Wildman–Crippen LogP) is -0.726. The van der Waals surface area contributed by atoms with Gasteiger partial charge in [-0.3, -0.25) is 9.59 Å². The summed E-state index contributed by atoms with van der Waals surface area (Å²) in [6.07, 6.45) is 5.01. The smallest absolute Gasteiger partial charge is 0.309 e. The number of allylic oxidation sites excluding steroid dienone is 4. The van der Waals surface area contributed by atoms with E-state index in [2.05, 4.69) is 11.5 Å². The predicted molar refractivity (Wildman–Crippen MR) is 42.1 cm³/mol. The van der Waals surface area contributed by atoms with Gasteiger partial charge in [0.2, 0.25) is 0 Å². The largest absolute Gasteiger partial charge is 0.352 e. The molecule has 1 aliphatic rings. The quantitative estimate of drug-likeness (QED) is 0.466. The zero-order valence-corrected chi connectivity index (χ0v) is 6.19. The molecule has 0 aromatic carbocycles. The molecule has 12 heavy (non-hydrogen) atoms. The summed E-state index contributed by atoms with van der Waals surface area (Å²) in [5.74, 6) is -0.241. The molecular formula is C7H8N2O3. The molecule has 0 saturated carbocycles. The van der Waals surface area contributed by atoms with Gasteiger partial charge in [0.25, 0.3) is 0 Å². The third-order valence-electron chi connectivity index (χ3n) is 0.824. The van der Waals surface area contributed by atoms with Crippen molar-refractivity contribution in [2.75, 3.05) is 0 Å². The molecule has 0 saturated heterocycles. The van der Waals surface area contributed by atoms with Gasteiger partial charge in [-0.05, 0) is 24.3 Å². The summed E-state index contributed by atoms with van der Waals surface area (Å²) in [6, 6.07) is -0.833. The lowest BCUT2D eigenvalue weighted by Gasteiger charge is -1.87. The van der Waals surface area contributed by atoms with Gasteiger partial charge in [-0.1, -0.05) is 0 Å². The standard InChI is InChI=1S/C6H4O2.CH4N2O/c7-5-1-2-6(8)4-3-5;2-1(3)4/h1-4H;(H4,2,3,4). The van der Waals surface area contributed by atoms with Gasteiger partial charge >= 0.3 is 6.03 Å². The highest BCUT2D eigenvalue weighted by atomic mass is 16.2. The second kappa shape index (κ2) is 4.84. The Kier molecular flexibility index (Phi) is 4.07. The molecule has 0 heterocycles. The lowest BCUT2D eigenvalue weighted by atomic mass is 10.2. The molecule has 64 valence electrons. The molecule has 1 aliphatic carbocycles. The van der Waals surface area contributed by atoms with Gasteiger partial charge in [-0.2, -0.15) is 0 Å². The second-order valence-corrected chi connectivity index (χ2v) is 1.87. The Morgan fingerprint density at radius 2 is 1.08 bits per heavy atom. The number of hydrogen-bond donors (Lipinski definition) is 2. The van der Waals surface area contributed by atoms with Crippen LogP contribution in [0.1, 0.15) is 0 Å². The van der Waals surface area contributed by atoms with Gasteiger partial charge < -0.3 is 11.5 Å². The van der Waals surface area contributed by atoms with Crippen LogP contribution in [0.5, 0.6) is 0 Å². The van der Waals surface area contributed by atoms with Crippen LogP contribution < -0.4 is 11.5 Å². The minimum atomic E-state index is -0.833. The number of nitrogens with two attached hydrogens (primary N) is 2. The Balaban J connectivity index is 0.000000261. The zero-order chi connectivity index (χ0) is 9.56. The zero-order valence-electron chi connectivity index (χ0n) is 6.19. The molecule has 0 fully saturated rings. The van der Waals surface area contributed by atoms with Crippen molar-refractivity contribution in [2.24, 2.45) is 11.5 Å². The molecule has 0 bridgehead atoms. The Morgan fingerprint density at radius 3 is 1.25 bits per heavy atom. The van der Waals surface area contributed by atoms with Crippen LogP contribution in [0.3, 0.4) is 0 Å². The average Bonchev–Trinajstić information content (AvgIpc) is 1.94. The van der Waals surface area contributed by atoms with Crippen molar-refractivity contribution in [2.45, 2.75) is 0 Å². The number of ketones is 2. The first-order valence-electron chi connectivity index (χ1n) is 3.01. The molecule has 2 amide bonds. The van der Waals surface area contributed by atoms with Crippen molar-refractivity contribution in [3.63, 3.8) is 0 Å². The monoisotopic (exact) mass is 168 g/mol. The first-order chi connectivity index (χ1) is 5.52. The maximum atomic E-state index is 10.3. The molecule has 0 spiro atoms. The van der Waals surface area contributed by atoms with E-state index in [1.807, 2.05) is 0 Å². The van der Waals surface area contributed by atoms with Crippen molar-refractivity contribution in [3.8, 4) is 0 Å².